The van der Waals surface area contributed by atoms with E-state index in [1.54, 1.807) is 12.1 Å². The first kappa shape index (κ1) is 22.6. The summed E-state index contributed by atoms with van der Waals surface area (Å²) in [6.07, 6.45) is 2.26. The quantitative estimate of drug-likeness (QED) is 0.419. The van der Waals surface area contributed by atoms with E-state index in [2.05, 4.69) is 4.98 Å². The number of furan rings is 1. The SMILES string of the molecule is NC(=O)c1[nH]c2ccc(Cl)cc2c1S(=O)(=O)N1CCC2(CCCO2)C(c2cc3ccccc3o2)C1. The van der Waals surface area contributed by atoms with Crippen LogP contribution < -0.4 is 5.73 Å². The minimum absolute atomic E-state index is 0.144. The molecule has 4 aromatic rings. The van der Waals surface area contributed by atoms with Crippen LogP contribution in [0.25, 0.3) is 21.9 Å². The number of primary amides is 1. The van der Waals surface area contributed by atoms with Gasteiger partial charge in [-0.05, 0) is 49.6 Å². The van der Waals surface area contributed by atoms with Crippen LogP contribution in [-0.2, 0) is 14.8 Å². The highest BCUT2D eigenvalue weighted by molar-refractivity contribution is 7.89. The van der Waals surface area contributed by atoms with Gasteiger partial charge < -0.3 is 19.9 Å². The Hall–Kier alpha value is -2.85. The molecule has 2 atom stereocenters. The second-order valence-electron chi connectivity index (χ2n) is 9.25. The Bertz CT molecular complexity index is 1540. The zero-order valence-electron chi connectivity index (χ0n) is 18.8. The standard InChI is InChI=1S/C25H24ClN3O5S/c26-16-6-7-19-17(13-16)23(22(28-19)24(27)30)35(31,32)29-10-9-25(8-3-11-33-25)18(14-29)21-12-15-4-1-2-5-20(15)34-21/h1-2,4-7,12-13,18,28H,3,8-11,14H2,(H2,27,30). The van der Waals surface area contributed by atoms with Crippen LogP contribution in [0.2, 0.25) is 5.02 Å². The molecule has 2 aliphatic heterocycles. The predicted molar refractivity (Wildman–Crippen MR) is 132 cm³/mol. The maximum Gasteiger partial charge on any atom is 0.266 e. The molecule has 1 spiro atoms. The average Bonchev–Trinajstić information content (AvgIpc) is 3.56. The molecule has 4 heterocycles. The molecule has 0 radical (unpaired) electrons. The number of halogens is 1. The number of hydrogen-bond acceptors (Lipinski definition) is 5. The molecule has 1 amide bonds. The third kappa shape index (κ3) is 3.57. The highest BCUT2D eigenvalue weighted by Gasteiger charge is 2.51. The Balaban J connectivity index is 1.45. The van der Waals surface area contributed by atoms with Crippen molar-refractivity contribution in [2.45, 2.75) is 35.7 Å². The highest BCUT2D eigenvalue weighted by Crippen LogP contribution is 2.47. The number of aromatic nitrogens is 1. The number of piperidine rings is 1. The molecular formula is C25H24ClN3O5S. The van der Waals surface area contributed by atoms with Crippen LogP contribution in [0.3, 0.4) is 0 Å². The molecular weight excluding hydrogens is 490 g/mol. The second-order valence-corrected chi connectivity index (χ2v) is 11.6. The lowest BCUT2D eigenvalue weighted by molar-refractivity contribution is -0.0533. The summed E-state index contributed by atoms with van der Waals surface area (Å²) in [6, 6.07) is 14.5. The fraction of sp³-hybridized carbons (Fsp3) is 0.320. The number of nitrogens with two attached hydrogens (primary N) is 1. The van der Waals surface area contributed by atoms with Crippen LogP contribution in [0.1, 0.15) is 41.4 Å². The van der Waals surface area contributed by atoms with E-state index in [4.69, 9.17) is 26.5 Å². The van der Waals surface area contributed by atoms with Gasteiger partial charge in [0.25, 0.3) is 5.91 Å². The molecule has 6 rings (SSSR count). The van der Waals surface area contributed by atoms with Gasteiger partial charge in [-0.3, -0.25) is 4.79 Å². The van der Waals surface area contributed by atoms with E-state index in [-0.39, 0.29) is 29.6 Å². The maximum absolute atomic E-state index is 14.0. The number of fused-ring (bicyclic) bond motifs is 2. The zero-order valence-corrected chi connectivity index (χ0v) is 20.4. The van der Waals surface area contributed by atoms with E-state index in [1.165, 1.54) is 10.4 Å². The van der Waals surface area contributed by atoms with Crippen LogP contribution in [0.5, 0.6) is 0 Å². The number of nitrogens with one attached hydrogen (secondary N) is 1. The van der Waals surface area contributed by atoms with Gasteiger partial charge in [0.2, 0.25) is 10.0 Å². The van der Waals surface area contributed by atoms with Gasteiger partial charge in [-0.1, -0.05) is 29.8 Å². The number of para-hydroxylation sites is 1. The number of H-pyrrole nitrogens is 1. The maximum atomic E-state index is 14.0. The number of carbonyl (C=O) groups excluding carboxylic acids is 1. The first-order valence-electron chi connectivity index (χ1n) is 11.5. The molecule has 2 aromatic carbocycles. The van der Waals surface area contributed by atoms with E-state index < -0.39 is 21.5 Å². The Morgan fingerprint density at radius 1 is 1.17 bits per heavy atom. The number of carbonyl (C=O) groups is 1. The smallest absolute Gasteiger partial charge is 0.266 e. The molecule has 2 unspecified atom stereocenters. The summed E-state index contributed by atoms with van der Waals surface area (Å²) in [7, 11) is -4.11. The molecule has 0 saturated carbocycles. The normalized spacial score (nSPS) is 23.5. The van der Waals surface area contributed by atoms with Crippen molar-refractivity contribution in [2.75, 3.05) is 19.7 Å². The first-order chi connectivity index (χ1) is 16.8. The van der Waals surface area contributed by atoms with Crippen molar-refractivity contribution in [2.24, 2.45) is 5.73 Å². The van der Waals surface area contributed by atoms with Crippen LogP contribution in [-0.4, -0.2) is 48.9 Å². The summed E-state index contributed by atoms with van der Waals surface area (Å²) in [5.41, 5.74) is 6.16. The van der Waals surface area contributed by atoms with Gasteiger partial charge in [-0.25, -0.2) is 8.42 Å². The average molecular weight is 514 g/mol. The summed E-state index contributed by atoms with van der Waals surface area (Å²) in [6.45, 7) is 1.05. The lowest BCUT2D eigenvalue weighted by Gasteiger charge is -2.43. The van der Waals surface area contributed by atoms with E-state index in [1.807, 2.05) is 30.3 Å². The number of rotatable bonds is 4. The first-order valence-corrected chi connectivity index (χ1v) is 13.3. The molecule has 2 saturated heterocycles. The molecule has 2 aromatic heterocycles. The largest absolute Gasteiger partial charge is 0.461 e. The van der Waals surface area contributed by atoms with E-state index >= 15 is 0 Å². The van der Waals surface area contributed by atoms with Crippen molar-refractivity contribution in [1.29, 1.82) is 0 Å². The van der Waals surface area contributed by atoms with Gasteiger partial charge in [0, 0.05) is 41.0 Å². The molecule has 0 aliphatic carbocycles. The Labute approximate surface area is 207 Å². The van der Waals surface area contributed by atoms with Gasteiger partial charge in [-0.2, -0.15) is 4.31 Å². The van der Waals surface area contributed by atoms with Gasteiger partial charge in [0.05, 0.1) is 11.5 Å². The van der Waals surface area contributed by atoms with Crippen LogP contribution in [0, 0.1) is 0 Å². The van der Waals surface area contributed by atoms with E-state index in [0.29, 0.717) is 34.7 Å². The Morgan fingerprint density at radius 2 is 2.00 bits per heavy atom. The summed E-state index contributed by atoms with van der Waals surface area (Å²) < 4.78 is 41.9. The van der Waals surface area contributed by atoms with Gasteiger partial charge in [0.1, 0.15) is 21.9 Å². The minimum Gasteiger partial charge on any atom is -0.461 e. The summed E-state index contributed by atoms with van der Waals surface area (Å²) in [4.78, 5) is 15.0. The summed E-state index contributed by atoms with van der Waals surface area (Å²) in [5.74, 6) is -0.450. The number of benzene rings is 2. The fourth-order valence-electron chi connectivity index (χ4n) is 5.59. The van der Waals surface area contributed by atoms with Crippen molar-refractivity contribution in [3.8, 4) is 0 Å². The zero-order chi connectivity index (χ0) is 24.4. The molecule has 2 fully saturated rings. The number of ether oxygens (including phenoxy) is 1. The van der Waals surface area contributed by atoms with Crippen molar-refractivity contribution in [3.05, 3.63) is 65.0 Å². The number of amides is 1. The molecule has 2 aliphatic rings. The monoisotopic (exact) mass is 513 g/mol. The fourth-order valence-corrected chi connectivity index (χ4v) is 7.56. The second kappa shape index (κ2) is 8.09. The summed E-state index contributed by atoms with van der Waals surface area (Å²) >= 11 is 6.17. The van der Waals surface area contributed by atoms with Gasteiger partial charge >= 0.3 is 0 Å². The van der Waals surface area contributed by atoms with Crippen LogP contribution >= 0.6 is 11.6 Å². The number of aromatic amines is 1. The molecule has 35 heavy (non-hydrogen) atoms. The van der Waals surface area contributed by atoms with Crippen LogP contribution in [0.15, 0.2) is 57.8 Å². The van der Waals surface area contributed by atoms with E-state index in [9.17, 15) is 13.2 Å². The summed E-state index contributed by atoms with van der Waals surface area (Å²) in [5, 5.41) is 1.66. The Morgan fingerprint density at radius 3 is 2.74 bits per heavy atom. The molecule has 0 bridgehead atoms. The highest BCUT2D eigenvalue weighted by atomic mass is 35.5. The minimum atomic E-state index is -4.11. The lowest BCUT2D eigenvalue weighted by Crippen LogP contribution is -2.51. The third-order valence-electron chi connectivity index (χ3n) is 7.28. The predicted octanol–water partition coefficient (Wildman–Crippen LogP) is 4.39. The van der Waals surface area contributed by atoms with Crippen molar-refractivity contribution in [1.82, 2.24) is 9.29 Å². The topological polar surface area (TPSA) is 119 Å². The number of sulfonamides is 1. The van der Waals surface area contributed by atoms with Crippen molar-refractivity contribution >= 4 is 49.4 Å². The molecule has 3 N–H and O–H groups in total. The van der Waals surface area contributed by atoms with E-state index in [0.717, 1.165) is 23.8 Å². The molecule has 10 heteroatoms. The third-order valence-corrected chi connectivity index (χ3v) is 9.47. The lowest BCUT2D eigenvalue weighted by atomic mass is 9.78. The van der Waals surface area contributed by atoms with Crippen molar-refractivity contribution in [3.63, 3.8) is 0 Å². The number of hydrogen-bond donors (Lipinski definition) is 2. The number of nitrogens with zero attached hydrogens (tertiary/aromatic N) is 1. The van der Waals surface area contributed by atoms with Crippen molar-refractivity contribution < 1.29 is 22.4 Å². The molecule has 8 nitrogen and oxygen atoms in total. The van der Waals surface area contributed by atoms with Gasteiger partial charge in [-0.15, -0.1) is 0 Å². The van der Waals surface area contributed by atoms with Crippen LogP contribution in [0.4, 0.5) is 0 Å². The van der Waals surface area contributed by atoms with Gasteiger partial charge in [0.15, 0.2) is 0 Å². The molecule has 182 valence electrons. The Kier molecular flexibility index (Phi) is 5.23.